The van der Waals surface area contributed by atoms with Gasteiger partial charge in [-0.1, -0.05) is 240 Å². The Morgan fingerprint density at radius 1 is 0.333 bits per heavy atom. The van der Waals surface area contributed by atoms with Crippen LogP contribution in [0, 0.1) is 11.8 Å². The minimum atomic E-state index is -0.760. The maximum absolute atomic E-state index is 12.8. The minimum absolute atomic E-state index is 0.0645. The molecule has 57 heavy (non-hydrogen) atoms. The van der Waals surface area contributed by atoms with E-state index in [1.807, 2.05) is 0 Å². The fourth-order valence-corrected chi connectivity index (χ4v) is 7.64. The molecule has 0 rings (SSSR count). The first-order chi connectivity index (χ1) is 27.7. The Hall–Kier alpha value is -1.59. The molecule has 0 aromatic rings. The van der Waals surface area contributed by atoms with Crippen LogP contribution in [0.1, 0.15) is 279 Å². The van der Waals surface area contributed by atoms with E-state index in [1.54, 1.807) is 0 Å². The Kier molecular flexibility index (Phi) is 42.7. The lowest BCUT2D eigenvalue weighted by atomic mass is 10.0. The van der Waals surface area contributed by atoms with Crippen molar-refractivity contribution in [3.05, 3.63) is 0 Å². The predicted octanol–water partition coefficient (Wildman–Crippen LogP) is 16.1. The van der Waals surface area contributed by atoms with E-state index in [2.05, 4.69) is 34.6 Å². The number of rotatable bonds is 45. The van der Waals surface area contributed by atoms with Gasteiger partial charge < -0.3 is 14.2 Å². The van der Waals surface area contributed by atoms with Gasteiger partial charge in [-0.25, -0.2) is 0 Å². The molecule has 0 spiro atoms. The molecule has 6 nitrogen and oxygen atoms in total. The second-order valence-corrected chi connectivity index (χ2v) is 18.4. The average molecular weight is 807 g/mol. The van der Waals surface area contributed by atoms with Gasteiger partial charge in [-0.15, -0.1) is 0 Å². The molecule has 0 saturated heterocycles. The van der Waals surface area contributed by atoms with Crippen LogP contribution in [0.2, 0.25) is 0 Å². The van der Waals surface area contributed by atoms with Gasteiger partial charge in [0, 0.05) is 19.3 Å². The highest BCUT2D eigenvalue weighted by Gasteiger charge is 2.19. The predicted molar refractivity (Wildman–Crippen MR) is 243 cm³/mol. The first-order valence-corrected chi connectivity index (χ1v) is 25.2. The minimum Gasteiger partial charge on any atom is -0.462 e. The van der Waals surface area contributed by atoms with Gasteiger partial charge in [0.25, 0.3) is 0 Å². The molecule has 0 aliphatic heterocycles. The lowest BCUT2D eigenvalue weighted by Gasteiger charge is -2.18. The van der Waals surface area contributed by atoms with Gasteiger partial charge in [0.1, 0.15) is 13.2 Å². The first-order valence-electron chi connectivity index (χ1n) is 25.2. The van der Waals surface area contributed by atoms with Gasteiger partial charge in [-0.3, -0.25) is 14.4 Å². The number of ether oxygens (including phenoxy) is 3. The van der Waals surface area contributed by atoms with Crippen LogP contribution in [0.5, 0.6) is 0 Å². The van der Waals surface area contributed by atoms with Gasteiger partial charge in [0.05, 0.1) is 0 Å². The molecule has 0 aromatic heterocycles. The monoisotopic (exact) mass is 807 g/mol. The summed E-state index contributed by atoms with van der Waals surface area (Å²) in [5.41, 5.74) is 0. The SMILES string of the molecule is CCCCCCCCCC(=O)OC[C@@H](COC(=O)CCCCCCCCCCCCC(C)C)OC(=O)CCCCCCCCCCCCCCCCCCC(C)C. The Morgan fingerprint density at radius 2 is 0.579 bits per heavy atom. The van der Waals surface area contributed by atoms with Crippen molar-refractivity contribution in [2.45, 2.75) is 285 Å². The molecule has 6 heteroatoms. The molecule has 0 aliphatic carbocycles. The van der Waals surface area contributed by atoms with E-state index >= 15 is 0 Å². The highest BCUT2D eigenvalue weighted by atomic mass is 16.6. The zero-order valence-corrected chi connectivity index (χ0v) is 39.0. The van der Waals surface area contributed by atoms with Crippen molar-refractivity contribution in [2.75, 3.05) is 13.2 Å². The Morgan fingerprint density at radius 3 is 0.860 bits per heavy atom. The standard InChI is InChI=1S/C51H98O6/c1-6-7-8-9-24-31-36-41-49(52)55-44-48(45-56-50(53)42-37-32-27-22-19-18-21-26-30-35-40-47(4)5)57-51(54)43-38-33-28-23-17-15-13-11-10-12-14-16-20-25-29-34-39-46(2)3/h46-48H,6-45H2,1-5H3/t48-/m0/s1. The van der Waals surface area contributed by atoms with Crippen LogP contribution in [-0.4, -0.2) is 37.2 Å². The van der Waals surface area contributed by atoms with E-state index in [1.165, 1.54) is 167 Å². The molecule has 0 amide bonds. The highest BCUT2D eigenvalue weighted by molar-refractivity contribution is 5.71. The Balaban J connectivity index is 4.19. The molecule has 1 atom stereocenters. The molecule has 0 bridgehead atoms. The smallest absolute Gasteiger partial charge is 0.306 e. The molecule has 338 valence electrons. The maximum atomic E-state index is 12.8. The summed E-state index contributed by atoms with van der Waals surface area (Å²) in [5, 5.41) is 0. The molecule has 0 N–H and O–H groups in total. The van der Waals surface area contributed by atoms with Crippen LogP contribution >= 0.6 is 0 Å². The van der Waals surface area contributed by atoms with E-state index in [0.717, 1.165) is 69.6 Å². The number of hydrogen-bond acceptors (Lipinski definition) is 6. The quantitative estimate of drug-likeness (QED) is 0.0346. The highest BCUT2D eigenvalue weighted by Crippen LogP contribution is 2.17. The summed E-state index contributed by atoms with van der Waals surface area (Å²) >= 11 is 0. The molecule has 0 unspecified atom stereocenters. The normalized spacial score (nSPS) is 12.1. The zero-order chi connectivity index (χ0) is 41.9. The summed E-state index contributed by atoms with van der Waals surface area (Å²) in [4.78, 5) is 37.7. The van der Waals surface area contributed by atoms with E-state index < -0.39 is 6.10 Å². The van der Waals surface area contributed by atoms with Crippen LogP contribution in [0.4, 0.5) is 0 Å². The second-order valence-electron chi connectivity index (χ2n) is 18.4. The molecule has 0 saturated carbocycles. The summed E-state index contributed by atoms with van der Waals surface area (Å²) < 4.78 is 16.7. The van der Waals surface area contributed by atoms with Crippen molar-refractivity contribution in [1.29, 1.82) is 0 Å². The molecular weight excluding hydrogens is 709 g/mol. The van der Waals surface area contributed by atoms with E-state index in [-0.39, 0.29) is 31.1 Å². The van der Waals surface area contributed by atoms with Crippen LogP contribution in [-0.2, 0) is 28.6 Å². The van der Waals surface area contributed by atoms with Crippen LogP contribution in [0.25, 0.3) is 0 Å². The molecule has 0 aliphatic rings. The lowest BCUT2D eigenvalue weighted by molar-refractivity contribution is -0.167. The number of unbranched alkanes of at least 4 members (excludes halogenated alkanes) is 30. The van der Waals surface area contributed by atoms with Gasteiger partial charge in [-0.05, 0) is 31.1 Å². The van der Waals surface area contributed by atoms with Gasteiger partial charge in [-0.2, -0.15) is 0 Å². The lowest BCUT2D eigenvalue weighted by Crippen LogP contribution is -2.30. The van der Waals surface area contributed by atoms with E-state index in [9.17, 15) is 14.4 Å². The number of esters is 3. The summed E-state index contributed by atoms with van der Waals surface area (Å²) in [6.07, 6.45) is 43.9. The van der Waals surface area contributed by atoms with Gasteiger partial charge >= 0.3 is 17.9 Å². The van der Waals surface area contributed by atoms with Crippen molar-refractivity contribution in [1.82, 2.24) is 0 Å². The molecule has 0 fully saturated rings. The third kappa shape index (κ3) is 45.3. The summed E-state index contributed by atoms with van der Waals surface area (Å²) in [6, 6.07) is 0. The van der Waals surface area contributed by atoms with Gasteiger partial charge in [0.15, 0.2) is 6.10 Å². The Labute approximate surface area is 355 Å². The van der Waals surface area contributed by atoms with Crippen molar-refractivity contribution in [3.8, 4) is 0 Å². The molecule has 0 heterocycles. The third-order valence-electron chi connectivity index (χ3n) is 11.5. The number of hydrogen-bond donors (Lipinski definition) is 0. The summed E-state index contributed by atoms with van der Waals surface area (Å²) in [5.74, 6) is 0.814. The average Bonchev–Trinajstić information content (AvgIpc) is 3.18. The molecule has 0 radical (unpaired) electrons. The topological polar surface area (TPSA) is 78.9 Å². The first kappa shape index (κ1) is 55.4. The van der Waals surface area contributed by atoms with E-state index in [0.29, 0.717) is 19.3 Å². The fraction of sp³-hybridized carbons (Fsp3) is 0.941. The van der Waals surface area contributed by atoms with Crippen molar-refractivity contribution in [3.63, 3.8) is 0 Å². The summed E-state index contributed by atoms with van der Waals surface area (Å²) in [7, 11) is 0. The molecule has 0 aromatic carbocycles. The molecular formula is C51H98O6. The number of carbonyl (C=O) groups excluding carboxylic acids is 3. The maximum Gasteiger partial charge on any atom is 0.306 e. The zero-order valence-electron chi connectivity index (χ0n) is 39.0. The van der Waals surface area contributed by atoms with Crippen molar-refractivity contribution < 1.29 is 28.6 Å². The van der Waals surface area contributed by atoms with Crippen LogP contribution in [0.15, 0.2) is 0 Å². The third-order valence-corrected chi connectivity index (χ3v) is 11.5. The van der Waals surface area contributed by atoms with Gasteiger partial charge in [0.2, 0.25) is 0 Å². The summed E-state index contributed by atoms with van der Waals surface area (Å²) in [6.45, 7) is 11.3. The van der Waals surface area contributed by atoms with Crippen molar-refractivity contribution in [2.24, 2.45) is 11.8 Å². The Bertz CT molecular complexity index is 870. The second kappa shape index (κ2) is 44.0. The fourth-order valence-electron chi connectivity index (χ4n) is 7.64. The number of carbonyl (C=O) groups is 3. The largest absolute Gasteiger partial charge is 0.462 e. The van der Waals surface area contributed by atoms with Crippen LogP contribution < -0.4 is 0 Å². The van der Waals surface area contributed by atoms with Crippen LogP contribution in [0.3, 0.4) is 0 Å². The van der Waals surface area contributed by atoms with Crippen molar-refractivity contribution >= 4 is 17.9 Å². The van der Waals surface area contributed by atoms with E-state index in [4.69, 9.17) is 14.2 Å².